The van der Waals surface area contributed by atoms with Crippen molar-refractivity contribution < 1.29 is 13.7 Å². The maximum atomic E-state index is 13.8. The quantitative estimate of drug-likeness (QED) is 0.311. The van der Waals surface area contributed by atoms with Crippen LogP contribution in [0.5, 0.6) is 0 Å². The number of anilines is 1. The second-order valence-corrected chi connectivity index (χ2v) is 8.20. The molecular formula is C22H21FN6O2S. The van der Waals surface area contributed by atoms with Crippen molar-refractivity contribution in [3.8, 4) is 17.1 Å². The highest BCUT2D eigenvalue weighted by Crippen LogP contribution is 2.23. The Balaban J connectivity index is 1.34. The van der Waals surface area contributed by atoms with Gasteiger partial charge in [0.05, 0.1) is 5.69 Å². The maximum absolute atomic E-state index is 13.8. The summed E-state index contributed by atoms with van der Waals surface area (Å²) in [4.78, 5) is 15.7. The first-order valence-corrected chi connectivity index (χ1v) is 11.0. The Bertz CT molecular complexity index is 1240. The standard InChI is InChI=1S/C22H21FN6O2S/c1-14-8-9-16(11-19(14)23)21-26-20(31-28-21)7-4-10-32-22-27-24-13-29(22)18-6-3-5-17(12-18)25-15(2)30/h3,5-6,8-9,11-13H,4,7,10H2,1-2H3,(H,25,30). The SMILES string of the molecule is CC(=O)Nc1cccc(-n2cnnc2SCCCc2nc(-c3ccc(C)c(F)c3)no2)c1. The van der Waals surface area contributed by atoms with Gasteiger partial charge in [-0.05, 0) is 43.2 Å². The van der Waals surface area contributed by atoms with Crippen LogP contribution in [0.1, 0.15) is 24.8 Å². The zero-order chi connectivity index (χ0) is 22.5. The Hall–Kier alpha value is -3.53. The molecule has 4 aromatic rings. The highest BCUT2D eigenvalue weighted by Gasteiger charge is 2.12. The number of nitrogens with zero attached hydrogens (tertiary/aromatic N) is 5. The summed E-state index contributed by atoms with van der Waals surface area (Å²) in [6, 6.07) is 12.4. The zero-order valence-electron chi connectivity index (χ0n) is 17.6. The lowest BCUT2D eigenvalue weighted by Crippen LogP contribution is -2.06. The van der Waals surface area contributed by atoms with Crippen molar-refractivity contribution in [2.75, 3.05) is 11.1 Å². The maximum Gasteiger partial charge on any atom is 0.226 e. The molecule has 0 aliphatic carbocycles. The molecule has 1 N–H and O–H groups in total. The topological polar surface area (TPSA) is 98.7 Å². The van der Waals surface area contributed by atoms with Crippen LogP contribution in [0, 0.1) is 12.7 Å². The summed E-state index contributed by atoms with van der Waals surface area (Å²) in [6.45, 7) is 3.18. The highest BCUT2D eigenvalue weighted by molar-refractivity contribution is 7.99. The average molecular weight is 453 g/mol. The van der Waals surface area contributed by atoms with Crippen LogP contribution < -0.4 is 5.32 Å². The largest absolute Gasteiger partial charge is 0.339 e. The van der Waals surface area contributed by atoms with Gasteiger partial charge in [0, 0.05) is 30.3 Å². The van der Waals surface area contributed by atoms with Crippen LogP contribution >= 0.6 is 11.8 Å². The van der Waals surface area contributed by atoms with Gasteiger partial charge in [-0.15, -0.1) is 10.2 Å². The first-order valence-electron chi connectivity index (χ1n) is 9.99. The number of nitrogens with one attached hydrogen (secondary N) is 1. The molecule has 32 heavy (non-hydrogen) atoms. The summed E-state index contributed by atoms with van der Waals surface area (Å²) in [5.41, 5.74) is 2.73. The van der Waals surface area contributed by atoms with Gasteiger partial charge < -0.3 is 9.84 Å². The van der Waals surface area contributed by atoms with Crippen LogP contribution in [0.3, 0.4) is 0 Å². The van der Waals surface area contributed by atoms with Crippen molar-refractivity contribution in [1.82, 2.24) is 24.9 Å². The number of aromatic nitrogens is 5. The number of hydrogen-bond acceptors (Lipinski definition) is 7. The van der Waals surface area contributed by atoms with E-state index in [0.29, 0.717) is 35.0 Å². The fraction of sp³-hybridized carbons (Fsp3) is 0.227. The Morgan fingerprint density at radius 3 is 2.94 bits per heavy atom. The second-order valence-electron chi connectivity index (χ2n) is 7.14. The number of amides is 1. The van der Waals surface area contributed by atoms with E-state index in [1.807, 2.05) is 28.8 Å². The monoisotopic (exact) mass is 452 g/mol. The predicted molar refractivity (Wildman–Crippen MR) is 119 cm³/mol. The van der Waals surface area contributed by atoms with Crippen molar-refractivity contribution in [3.63, 3.8) is 0 Å². The lowest BCUT2D eigenvalue weighted by Gasteiger charge is -2.08. The van der Waals surface area contributed by atoms with Gasteiger partial charge in [-0.25, -0.2) is 4.39 Å². The van der Waals surface area contributed by atoms with Gasteiger partial charge in [0.15, 0.2) is 5.16 Å². The molecule has 0 aliphatic rings. The third-order valence-electron chi connectivity index (χ3n) is 4.63. The van der Waals surface area contributed by atoms with Crippen molar-refractivity contribution in [2.24, 2.45) is 0 Å². The molecule has 2 aromatic carbocycles. The summed E-state index contributed by atoms with van der Waals surface area (Å²) < 4.78 is 20.9. The van der Waals surface area contributed by atoms with Crippen LogP contribution in [-0.4, -0.2) is 36.6 Å². The van der Waals surface area contributed by atoms with E-state index in [9.17, 15) is 9.18 Å². The van der Waals surface area contributed by atoms with Crippen molar-refractivity contribution >= 4 is 23.4 Å². The minimum absolute atomic E-state index is 0.128. The summed E-state index contributed by atoms with van der Waals surface area (Å²) in [6.07, 6.45) is 3.02. The minimum atomic E-state index is -0.294. The van der Waals surface area contributed by atoms with Gasteiger partial charge >= 0.3 is 0 Å². The lowest BCUT2D eigenvalue weighted by molar-refractivity contribution is -0.114. The molecule has 0 saturated heterocycles. The lowest BCUT2D eigenvalue weighted by atomic mass is 10.1. The molecule has 0 atom stereocenters. The normalized spacial score (nSPS) is 11.0. The van der Waals surface area contributed by atoms with Gasteiger partial charge in [-0.1, -0.05) is 35.1 Å². The van der Waals surface area contributed by atoms with Crippen molar-refractivity contribution in [3.05, 3.63) is 66.1 Å². The Morgan fingerprint density at radius 2 is 2.12 bits per heavy atom. The number of carbonyl (C=O) groups excluding carboxylic acids is 1. The zero-order valence-corrected chi connectivity index (χ0v) is 18.4. The van der Waals surface area contributed by atoms with E-state index < -0.39 is 0 Å². The third kappa shape index (κ3) is 5.20. The van der Waals surface area contributed by atoms with Crippen LogP contribution in [-0.2, 0) is 11.2 Å². The summed E-state index contributed by atoms with van der Waals surface area (Å²) >= 11 is 1.56. The number of halogens is 1. The second kappa shape index (κ2) is 9.73. The molecule has 4 rings (SSSR count). The van der Waals surface area contributed by atoms with Crippen LogP contribution in [0.4, 0.5) is 10.1 Å². The van der Waals surface area contributed by atoms with E-state index in [1.165, 1.54) is 13.0 Å². The molecule has 0 bridgehead atoms. The molecular weight excluding hydrogens is 431 g/mol. The van der Waals surface area contributed by atoms with E-state index in [4.69, 9.17) is 4.52 Å². The number of carbonyl (C=O) groups is 1. The van der Waals surface area contributed by atoms with E-state index in [-0.39, 0.29) is 11.7 Å². The Kier molecular flexibility index (Phi) is 6.60. The average Bonchev–Trinajstić information content (AvgIpc) is 3.42. The fourth-order valence-corrected chi connectivity index (χ4v) is 3.90. The Labute approximate surface area is 188 Å². The van der Waals surface area contributed by atoms with Crippen molar-refractivity contribution in [2.45, 2.75) is 31.8 Å². The first-order chi connectivity index (χ1) is 15.5. The minimum Gasteiger partial charge on any atom is -0.339 e. The molecule has 0 radical (unpaired) electrons. The number of rotatable bonds is 8. The number of aryl methyl sites for hydroxylation is 2. The molecule has 2 aromatic heterocycles. The van der Waals surface area contributed by atoms with Gasteiger partial charge in [0.25, 0.3) is 0 Å². The molecule has 0 saturated carbocycles. The van der Waals surface area contributed by atoms with E-state index in [2.05, 4.69) is 25.7 Å². The number of thioether (sulfide) groups is 1. The summed E-state index contributed by atoms with van der Waals surface area (Å²) in [5, 5.41) is 15.7. The molecule has 1 amide bonds. The fourth-order valence-electron chi connectivity index (χ4n) is 3.03. The van der Waals surface area contributed by atoms with E-state index >= 15 is 0 Å². The van der Waals surface area contributed by atoms with Crippen molar-refractivity contribution in [1.29, 1.82) is 0 Å². The third-order valence-corrected chi connectivity index (χ3v) is 5.65. The van der Waals surface area contributed by atoms with Gasteiger partial charge in [-0.2, -0.15) is 4.98 Å². The summed E-state index contributed by atoms with van der Waals surface area (Å²) in [5.74, 6) is 1.23. The number of benzene rings is 2. The molecule has 10 heteroatoms. The van der Waals surface area contributed by atoms with Crippen LogP contribution in [0.15, 0.2) is 58.5 Å². The van der Waals surface area contributed by atoms with E-state index in [1.54, 1.807) is 37.1 Å². The summed E-state index contributed by atoms with van der Waals surface area (Å²) in [7, 11) is 0. The molecule has 8 nitrogen and oxygen atoms in total. The molecule has 0 aliphatic heterocycles. The Morgan fingerprint density at radius 1 is 1.25 bits per heavy atom. The molecule has 0 unspecified atom stereocenters. The molecule has 164 valence electrons. The predicted octanol–water partition coefficient (Wildman–Crippen LogP) is 4.45. The van der Waals surface area contributed by atoms with Crippen LogP contribution in [0.25, 0.3) is 17.1 Å². The smallest absolute Gasteiger partial charge is 0.226 e. The van der Waals surface area contributed by atoms with Gasteiger partial charge in [0.1, 0.15) is 12.1 Å². The highest BCUT2D eigenvalue weighted by atomic mass is 32.2. The van der Waals surface area contributed by atoms with Crippen LogP contribution in [0.2, 0.25) is 0 Å². The van der Waals surface area contributed by atoms with E-state index in [0.717, 1.165) is 23.0 Å². The number of hydrogen-bond donors (Lipinski definition) is 1. The first kappa shape index (κ1) is 21.7. The molecule has 0 spiro atoms. The van der Waals surface area contributed by atoms with Gasteiger partial charge in [-0.3, -0.25) is 9.36 Å². The molecule has 2 heterocycles. The van der Waals surface area contributed by atoms with Gasteiger partial charge in [0.2, 0.25) is 17.6 Å². The molecule has 0 fully saturated rings.